The summed E-state index contributed by atoms with van der Waals surface area (Å²) in [6, 6.07) is 8.04. The van der Waals surface area contributed by atoms with E-state index in [9.17, 15) is 9.59 Å². The van der Waals surface area contributed by atoms with Gasteiger partial charge in [0.15, 0.2) is 0 Å². The Morgan fingerprint density at radius 2 is 2.07 bits per heavy atom. The lowest BCUT2D eigenvalue weighted by Crippen LogP contribution is -2.56. The predicted molar refractivity (Wildman–Crippen MR) is 102 cm³/mol. The van der Waals surface area contributed by atoms with Crippen LogP contribution in [0.1, 0.15) is 31.5 Å². The number of aromatic nitrogens is 2. The topological polar surface area (TPSA) is 93.4 Å². The molecule has 1 aliphatic carbocycles. The van der Waals surface area contributed by atoms with Crippen LogP contribution >= 0.6 is 0 Å². The van der Waals surface area contributed by atoms with Crippen molar-refractivity contribution in [3.8, 4) is 0 Å². The highest BCUT2D eigenvalue weighted by atomic mass is 16.2. The smallest absolute Gasteiger partial charge is 0.318 e. The molecule has 0 radical (unpaired) electrons. The highest BCUT2D eigenvalue weighted by Crippen LogP contribution is 2.31. The van der Waals surface area contributed by atoms with Crippen LogP contribution in [-0.4, -0.2) is 64.1 Å². The molecular formula is C19H26N6O2. The maximum Gasteiger partial charge on any atom is 0.318 e. The summed E-state index contributed by atoms with van der Waals surface area (Å²) in [6.45, 7) is 1.70. The van der Waals surface area contributed by atoms with Gasteiger partial charge in [-0.15, -0.1) is 0 Å². The van der Waals surface area contributed by atoms with Gasteiger partial charge in [0.2, 0.25) is 0 Å². The van der Waals surface area contributed by atoms with Crippen molar-refractivity contribution in [2.24, 2.45) is 0 Å². The Labute approximate surface area is 158 Å². The highest BCUT2D eigenvalue weighted by Gasteiger charge is 2.39. The molecule has 0 bridgehead atoms. The number of H-pyrrole nitrogens is 1. The lowest BCUT2D eigenvalue weighted by atomic mass is 10.0. The van der Waals surface area contributed by atoms with Crippen LogP contribution in [0.3, 0.4) is 0 Å². The van der Waals surface area contributed by atoms with Crippen molar-refractivity contribution < 1.29 is 9.59 Å². The highest BCUT2D eigenvalue weighted by molar-refractivity contribution is 5.77. The number of aromatic amines is 1. The number of hydrogen-bond acceptors (Lipinski definition) is 3. The van der Waals surface area contributed by atoms with Crippen LogP contribution in [0.5, 0.6) is 0 Å². The minimum atomic E-state index is -0.0712. The predicted octanol–water partition coefficient (Wildman–Crippen LogP) is 2.04. The van der Waals surface area contributed by atoms with Gasteiger partial charge in [-0.1, -0.05) is 12.1 Å². The largest absolute Gasteiger partial charge is 0.341 e. The zero-order valence-electron chi connectivity index (χ0n) is 15.6. The Kier molecular flexibility index (Phi) is 4.87. The van der Waals surface area contributed by atoms with Crippen LogP contribution in [-0.2, 0) is 6.54 Å². The van der Waals surface area contributed by atoms with Gasteiger partial charge in [0.25, 0.3) is 0 Å². The molecule has 8 heteroatoms. The zero-order chi connectivity index (χ0) is 18.8. The number of rotatable bonds is 4. The van der Waals surface area contributed by atoms with E-state index in [1.807, 2.05) is 29.2 Å². The second kappa shape index (κ2) is 7.46. The standard InChI is InChI=1S/C19H26N6O2/c1-20-18(26)24-10-4-5-14(12-24)25(13-8-9-13)19(27)21-11-17-22-15-6-2-3-7-16(15)23-17/h2-3,6-7,13-14H,4-5,8-12H2,1H3,(H,20,26)(H,21,27)(H,22,23)/t14-/m1/s1. The molecule has 1 atom stereocenters. The van der Waals surface area contributed by atoms with Gasteiger partial charge in [0, 0.05) is 26.2 Å². The van der Waals surface area contributed by atoms with Crippen LogP contribution in [0.4, 0.5) is 9.59 Å². The van der Waals surface area contributed by atoms with Crippen LogP contribution < -0.4 is 10.6 Å². The van der Waals surface area contributed by atoms with Gasteiger partial charge in [-0.25, -0.2) is 14.6 Å². The number of imidazole rings is 1. The third kappa shape index (κ3) is 3.84. The maximum absolute atomic E-state index is 12.9. The minimum absolute atomic E-state index is 0.0679. The van der Waals surface area contributed by atoms with E-state index >= 15 is 0 Å². The zero-order valence-corrected chi connectivity index (χ0v) is 15.6. The van der Waals surface area contributed by atoms with Crippen molar-refractivity contribution in [1.82, 2.24) is 30.4 Å². The van der Waals surface area contributed by atoms with Crippen molar-refractivity contribution in [3.63, 3.8) is 0 Å². The lowest BCUT2D eigenvalue weighted by molar-refractivity contribution is 0.116. The molecule has 2 aliphatic rings. The Bertz CT molecular complexity index is 797. The monoisotopic (exact) mass is 370 g/mol. The number of nitrogens with one attached hydrogen (secondary N) is 3. The summed E-state index contributed by atoms with van der Waals surface area (Å²) in [5.74, 6) is 0.746. The molecular weight excluding hydrogens is 344 g/mol. The molecule has 2 heterocycles. The van der Waals surface area contributed by atoms with Gasteiger partial charge in [0.05, 0.1) is 23.6 Å². The number of carbonyl (C=O) groups excluding carboxylic acids is 2. The molecule has 2 aromatic rings. The van der Waals surface area contributed by atoms with Crippen LogP contribution in [0, 0.1) is 0 Å². The Morgan fingerprint density at radius 3 is 2.81 bits per heavy atom. The Morgan fingerprint density at radius 1 is 1.26 bits per heavy atom. The van der Waals surface area contributed by atoms with E-state index in [-0.39, 0.29) is 24.1 Å². The SMILES string of the molecule is CNC(=O)N1CCC[C@@H](N(C(=O)NCc2nc3ccccc3[nH]2)C2CC2)C1. The molecule has 1 aromatic carbocycles. The van der Waals surface area contributed by atoms with E-state index in [0.29, 0.717) is 13.1 Å². The molecule has 1 aliphatic heterocycles. The van der Waals surface area contributed by atoms with Crippen molar-refractivity contribution in [2.45, 2.75) is 44.3 Å². The van der Waals surface area contributed by atoms with Gasteiger partial charge < -0.3 is 25.4 Å². The molecule has 3 N–H and O–H groups in total. The summed E-state index contributed by atoms with van der Waals surface area (Å²) in [5.41, 5.74) is 1.86. The first kappa shape index (κ1) is 17.6. The third-order valence-electron chi connectivity index (χ3n) is 5.31. The Balaban J connectivity index is 1.41. The second-order valence-corrected chi connectivity index (χ2v) is 7.30. The molecule has 4 rings (SSSR count). The molecule has 0 spiro atoms. The van der Waals surface area contributed by atoms with Crippen LogP contribution in [0.15, 0.2) is 24.3 Å². The number of urea groups is 2. The minimum Gasteiger partial charge on any atom is -0.341 e. The fourth-order valence-corrected chi connectivity index (χ4v) is 3.85. The van der Waals surface area contributed by atoms with Crippen molar-refractivity contribution in [2.75, 3.05) is 20.1 Å². The molecule has 144 valence electrons. The number of piperidine rings is 1. The first-order chi connectivity index (χ1) is 13.2. The number of nitrogens with zero attached hydrogens (tertiary/aromatic N) is 3. The number of likely N-dealkylation sites (tertiary alicyclic amines) is 1. The molecule has 4 amide bonds. The van der Waals surface area contributed by atoms with Crippen molar-refractivity contribution in [3.05, 3.63) is 30.1 Å². The van der Waals surface area contributed by atoms with E-state index in [2.05, 4.69) is 20.6 Å². The summed E-state index contributed by atoms with van der Waals surface area (Å²) in [6.07, 6.45) is 3.92. The normalized spacial score (nSPS) is 19.7. The van der Waals surface area contributed by atoms with Crippen LogP contribution in [0.2, 0.25) is 0 Å². The first-order valence-electron chi connectivity index (χ1n) is 9.62. The average Bonchev–Trinajstić information content (AvgIpc) is 3.43. The van der Waals surface area contributed by atoms with Crippen molar-refractivity contribution >= 4 is 23.1 Å². The molecule has 27 heavy (non-hydrogen) atoms. The number of benzene rings is 1. The molecule has 1 saturated heterocycles. The van der Waals surface area contributed by atoms with E-state index in [1.54, 1.807) is 11.9 Å². The molecule has 8 nitrogen and oxygen atoms in total. The quantitative estimate of drug-likeness (QED) is 0.769. The number of para-hydroxylation sites is 2. The Hall–Kier alpha value is -2.77. The van der Waals surface area contributed by atoms with E-state index in [0.717, 1.165) is 49.1 Å². The molecule has 0 unspecified atom stereocenters. The molecule has 1 saturated carbocycles. The summed E-state index contributed by atoms with van der Waals surface area (Å²) in [4.78, 5) is 36.4. The second-order valence-electron chi connectivity index (χ2n) is 7.30. The number of amides is 4. The fourth-order valence-electron chi connectivity index (χ4n) is 3.85. The lowest BCUT2D eigenvalue weighted by Gasteiger charge is -2.39. The van der Waals surface area contributed by atoms with E-state index < -0.39 is 0 Å². The van der Waals surface area contributed by atoms with Gasteiger partial charge in [-0.2, -0.15) is 0 Å². The summed E-state index contributed by atoms with van der Waals surface area (Å²) in [5, 5.41) is 5.69. The first-order valence-corrected chi connectivity index (χ1v) is 9.62. The van der Waals surface area contributed by atoms with Crippen LogP contribution in [0.25, 0.3) is 11.0 Å². The van der Waals surface area contributed by atoms with Crippen molar-refractivity contribution in [1.29, 1.82) is 0 Å². The van der Waals surface area contributed by atoms with E-state index in [1.165, 1.54) is 0 Å². The molecule has 1 aromatic heterocycles. The third-order valence-corrected chi connectivity index (χ3v) is 5.31. The maximum atomic E-state index is 12.9. The summed E-state index contributed by atoms with van der Waals surface area (Å²) in [7, 11) is 1.64. The summed E-state index contributed by atoms with van der Waals surface area (Å²) >= 11 is 0. The van der Waals surface area contributed by atoms with Gasteiger partial charge >= 0.3 is 12.1 Å². The number of fused-ring (bicyclic) bond motifs is 1. The number of hydrogen-bond donors (Lipinski definition) is 3. The van der Waals surface area contributed by atoms with Gasteiger partial charge in [-0.05, 0) is 37.8 Å². The average molecular weight is 370 g/mol. The van der Waals surface area contributed by atoms with Gasteiger partial charge in [-0.3, -0.25) is 0 Å². The molecule has 2 fully saturated rings. The van der Waals surface area contributed by atoms with Gasteiger partial charge in [0.1, 0.15) is 5.82 Å². The van der Waals surface area contributed by atoms with E-state index in [4.69, 9.17) is 0 Å². The summed E-state index contributed by atoms with van der Waals surface area (Å²) < 4.78 is 0. The fraction of sp³-hybridized carbons (Fsp3) is 0.526. The number of carbonyl (C=O) groups is 2.